The minimum Gasteiger partial charge on any atom is -0.380 e. The summed E-state index contributed by atoms with van der Waals surface area (Å²) < 4.78 is 10.7. The van der Waals surface area contributed by atoms with Gasteiger partial charge in [-0.25, -0.2) is 0 Å². The van der Waals surface area contributed by atoms with Crippen LogP contribution < -0.4 is 5.32 Å². The molecule has 0 saturated carbocycles. The first-order valence-electron chi connectivity index (χ1n) is 6.32. The summed E-state index contributed by atoms with van der Waals surface area (Å²) in [6.07, 6.45) is 2.67. The lowest BCUT2D eigenvalue weighted by molar-refractivity contribution is -0.126. The van der Waals surface area contributed by atoms with Crippen molar-refractivity contribution in [3.05, 3.63) is 0 Å². The van der Waals surface area contributed by atoms with Gasteiger partial charge in [-0.3, -0.25) is 4.79 Å². The Morgan fingerprint density at radius 1 is 1.53 bits per heavy atom. The highest BCUT2D eigenvalue weighted by Crippen LogP contribution is 2.23. The topological polar surface area (TPSA) is 47.6 Å². The first-order chi connectivity index (χ1) is 8.29. The predicted octanol–water partition coefficient (Wildman–Crippen LogP) is 1.56. The van der Waals surface area contributed by atoms with Gasteiger partial charge in [-0.2, -0.15) is 0 Å². The summed E-state index contributed by atoms with van der Waals surface area (Å²) in [7, 11) is 0. The van der Waals surface area contributed by atoms with Crippen molar-refractivity contribution in [2.24, 2.45) is 5.92 Å². The lowest BCUT2D eigenvalue weighted by Crippen LogP contribution is -2.35. The maximum absolute atomic E-state index is 11.9. The van der Waals surface area contributed by atoms with E-state index in [0.717, 1.165) is 19.3 Å². The van der Waals surface area contributed by atoms with Crippen molar-refractivity contribution >= 4 is 17.5 Å². The Kier molecular flexibility index (Phi) is 7.56. The van der Waals surface area contributed by atoms with Gasteiger partial charge in [-0.1, -0.05) is 6.92 Å². The average Bonchev–Trinajstić information content (AvgIpc) is 2.81. The van der Waals surface area contributed by atoms with Crippen LogP contribution >= 0.6 is 11.6 Å². The van der Waals surface area contributed by atoms with Gasteiger partial charge < -0.3 is 14.8 Å². The monoisotopic (exact) mass is 263 g/mol. The molecule has 17 heavy (non-hydrogen) atoms. The molecule has 2 unspecified atom stereocenters. The predicted molar refractivity (Wildman–Crippen MR) is 67.3 cm³/mol. The summed E-state index contributed by atoms with van der Waals surface area (Å²) in [5.74, 6) is 0.666. The molecule has 0 aromatic rings. The van der Waals surface area contributed by atoms with E-state index >= 15 is 0 Å². The van der Waals surface area contributed by atoms with E-state index < -0.39 is 0 Å². The SMILES string of the molecule is CCC1OCCC1C(=O)NCCCOCCCl. The number of carbonyl (C=O) groups is 1. The normalized spacial score (nSPS) is 23.9. The van der Waals surface area contributed by atoms with Crippen molar-refractivity contribution < 1.29 is 14.3 Å². The van der Waals surface area contributed by atoms with Gasteiger partial charge in [0.05, 0.1) is 18.6 Å². The van der Waals surface area contributed by atoms with Gasteiger partial charge in [-0.15, -0.1) is 11.6 Å². The van der Waals surface area contributed by atoms with Crippen molar-refractivity contribution in [3.8, 4) is 0 Å². The Morgan fingerprint density at radius 2 is 2.35 bits per heavy atom. The number of hydrogen-bond donors (Lipinski definition) is 1. The van der Waals surface area contributed by atoms with Crippen LogP contribution in [0.4, 0.5) is 0 Å². The van der Waals surface area contributed by atoms with E-state index in [1.165, 1.54) is 0 Å². The highest BCUT2D eigenvalue weighted by molar-refractivity contribution is 6.17. The molecule has 4 nitrogen and oxygen atoms in total. The molecule has 0 radical (unpaired) electrons. The van der Waals surface area contributed by atoms with Crippen LogP contribution in [0.2, 0.25) is 0 Å². The standard InChI is InChI=1S/C12H22ClNO3/c1-2-11-10(4-8-17-11)12(15)14-6-3-7-16-9-5-13/h10-11H,2-9H2,1H3,(H,14,15). The van der Waals surface area contributed by atoms with Crippen molar-refractivity contribution in [3.63, 3.8) is 0 Å². The lowest BCUT2D eigenvalue weighted by Gasteiger charge is -2.16. The molecule has 0 bridgehead atoms. The molecule has 1 fully saturated rings. The number of nitrogens with one attached hydrogen (secondary N) is 1. The van der Waals surface area contributed by atoms with Crippen LogP contribution in [0.15, 0.2) is 0 Å². The molecule has 2 atom stereocenters. The van der Waals surface area contributed by atoms with Gasteiger partial charge in [0.1, 0.15) is 0 Å². The van der Waals surface area contributed by atoms with E-state index in [0.29, 0.717) is 32.2 Å². The number of hydrogen-bond acceptors (Lipinski definition) is 3. The van der Waals surface area contributed by atoms with Gasteiger partial charge in [0, 0.05) is 25.6 Å². The molecule has 5 heteroatoms. The molecular weight excluding hydrogens is 242 g/mol. The summed E-state index contributed by atoms with van der Waals surface area (Å²) in [6.45, 7) is 4.63. The fraction of sp³-hybridized carbons (Fsp3) is 0.917. The summed E-state index contributed by atoms with van der Waals surface area (Å²) >= 11 is 5.47. The number of amides is 1. The molecule has 1 saturated heterocycles. The molecule has 1 aliphatic rings. The number of carbonyl (C=O) groups excluding carboxylic acids is 1. The molecule has 100 valence electrons. The van der Waals surface area contributed by atoms with Gasteiger partial charge >= 0.3 is 0 Å². The molecule has 0 spiro atoms. The van der Waals surface area contributed by atoms with E-state index in [-0.39, 0.29) is 17.9 Å². The van der Waals surface area contributed by atoms with E-state index in [4.69, 9.17) is 21.1 Å². The van der Waals surface area contributed by atoms with Crippen LogP contribution in [0.3, 0.4) is 0 Å². The van der Waals surface area contributed by atoms with Crippen LogP contribution in [0, 0.1) is 5.92 Å². The third-order valence-corrected chi connectivity index (χ3v) is 3.09. The Balaban J connectivity index is 2.08. The summed E-state index contributed by atoms with van der Waals surface area (Å²) in [5.41, 5.74) is 0. The minimum atomic E-state index is 0.0313. The molecule has 0 aromatic heterocycles. The molecule has 0 aromatic carbocycles. The van der Waals surface area contributed by atoms with Gasteiger partial charge in [0.2, 0.25) is 5.91 Å². The highest BCUT2D eigenvalue weighted by atomic mass is 35.5. The largest absolute Gasteiger partial charge is 0.380 e. The Hall–Kier alpha value is -0.320. The molecule has 1 rings (SSSR count). The van der Waals surface area contributed by atoms with Crippen molar-refractivity contribution in [2.75, 3.05) is 32.2 Å². The molecular formula is C12H22ClNO3. The average molecular weight is 264 g/mol. The third kappa shape index (κ3) is 5.23. The fourth-order valence-corrected chi connectivity index (χ4v) is 2.13. The smallest absolute Gasteiger partial charge is 0.225 e. The van der Waals surface area contributed by atoms with Gasteiger partial charge in [0.25, 0.3) is 0 Å². The Morgan fingerprint density at radius 3 is 3.06 bits per heavy atom. The molecule has 1 N–H and O–H groups in total. The van der Waals surface area contributed by atoms with Crippen molar-refractivity contribution in [2.45, 2.75) is 32.3 Å². The highest BCUT2D eigenvalue weighted by Gasteiger charge is 2.32. The summed E-state index contributed by atoms with van der Waals surface area (Å²) in [5, 5.41) is 2.93. The molecule has 0 aliphatic carbocycles. The van der Waals surface area contributed by atoms with Crippen LogP contribution in [-0.4, -0.2) is 44.3 Å². The second-order valence-electron chi connectivity index (χ2n) is 4.16. The minimum absolute atomic E-state index is 0.0313. The van der Waals surface area contributed by atoms with E-state index in [1.807, 2.05) is 0 Å². The maximum atomic E-state index is 11.9. The van der Waals surface area contributed by atoms with Crippen LogP contribution in [0.1, 0.15) is 26.2 Å². The molecule has 1 amide bonds. The Bertz CT molecular complexity index is 226. The zero-order valence-corrected chi connectivity index (χ0v) is 11.2. The number of rotatable bonds is 8. The maximum Gasteiger partial charge on any atom is 0.225 e. The quantitative estimate of drug-likeness (QED) is 0.534. The Labute approximate surface area is 108 Å². The van der Waals surface area contributed by atoms with E-state index in [1.54, 1.807) is 0 Å². The summed E-state index contributed by atoms with van der Waals surface area (Å²) in [6, 6.07) is 0. The van der Waals surface area contributed by atoms with Gasteiger partial charge in [-0.05, 0) is 19.3 Å². The fourth-order valence-electron chi connectivity index (χ4n) is 2.02. The van der Waals surface area contributed by atoms with Crippen LogP contribution in [-0.2, 0) is 14.3 Å². The number of halogens is 1. The molecule has 1 aliphatic heterocycles. The number of ether oxygens (including phenoxy) is 2. The zero-order valence-electron chi connectivity index (χ0n) is 10.4. The molecule has 1 heterocycles. The first-order valence-corrected chi connectivity index (χ1v) is 6.86. The number of alkyl halides is 1. The zero-order chi connectivity index (χ0) is 12.5. The third-order valence-electron chi connectivity index (χ3n) is 2.93. The second-order valence-corrected chi connectivity index (χ2v) is 4.54. The van der Waals surface area contributed by atoms with Crippen LogP contribution in [0.25, 0.3) is 0 Å². The van der Waals surface area contributed by atoms with Crippen molar-refractivity contribution in [1.29, 1.82) is 0 Å². The van der Waals surface area contributed by atoms with Crippen molar-refractivity contribution in [1.82, 2.24) is 5.32 Å². The lowest BCUT2D eigenvalue weighted by atomic mass is 9.99. The first kappa shape index (κ1) is 14.7. The van der Waals surface area contributed by atoms with E-state index in [2.05, 4.69) is 12.2 Å². The summed E-state index contributed by atoms with van der Waals surface area (Å²) in [4.78, 5) is 11.9. The second kappa shape index (κ2) is 8.72. The van der Waals surface area contributed by atoms with E-state index in [9.17, 15) is 4.79 Å². The van der Waals surface area contributed by atoms with Crippen LogP contribution in [0.5, 0.6) is 0 Å². The van der Waals surface area contributed by atoms with Gasteiger partial charge in [0.15, 0.2) is 0 Å².